The molecule has 154 valence electrons. The molecule has 9 heteroatoms. The SMILES string of the molecule is CS(=O)(=O)Nc1ccccc1C1=NN(C(=O)c2cccc(F)c2)[C@H](c2ccco2)C1. The highest BCUT2D eigenvalue weighted by Crippen LogP contribution is 2.35. The van der Waals surface area contributed by atoms with Crippen molar-refractivity contribution in [1.82, 2.24) is 5.01 Å². The number of carbonyl (C=O) groups excluding carboxylic acids is 1. The van der Waals surface area contributed by atoms with Crippen LogP contribution >= 0.6 is 0 Å². The van der Waals surface area contributed by atoms with Crippen molar-refractivity contribution in [1.29, 1.82) is 0 Å². The Morgan fingerprint density at radius 1 is 1.17 bits per heavy atom. The van der Waals surface area contributed by atoms with Crippen molar-refractivity contribution in [2.24, 2.45) is 5.10 Å². The number of anilines is 1. The molecule has 2 heterocycles. The number of benzene rings is 2. The van der Waals surface area contributed by atoms with Crippen LogP contribution < -0.4 is 4.72 Å². The smallest absolute Gasteiger partial charge is 0.274 e. The lowest BCUT2D eigenvalue weighted by molar-refractivity contribution is 0.0692. The average molecular weight is 427 g/mol. The summed E-state index contributed by atoms with van der Waals surface area (Å²) in [5.74, 6) is -0.493. The van der Waals surface area contributed by atoms with E-state index in [0.29, 0.717) is 29.1 Å². The Balaban J connectivity index is 1.76. The van der Waals surface area contributed by atoms with E-state index in [2.05, 4.69) is 9.82 Å². The number of nitrogens with one attached hydrogen (secondary N) is 1. The van der Waals surface area contributed by atoms with Crippen LogP contribution in [0.25, 0.3) is 0 Å². The van der Waals surface area contributed by atoms with Gasteiger partial charge in [0, 0.05) is 17.5 Å². The Morgan fingerprint density at radius 3 is 2.67 bits per heavy atom. The van der Waals surface area contributed by atoms with Crippen LogP contribution in [0, 0.1) is 5.82 Å². The molecule has 2 aromatic carbocycles. The van der Waals surface area contributed by atoms with Crippen LogP contribution in [-0.4, -0.2) is 31.3 Å². The van der Waals surface area contributed by atoms with Gasteiger partial charge in [-0.1, -0.05) is 24.3 Å². The van der Waals surface area contributed by atoms with E-state index in [1.165, 1.54) is 29.5 Å². The standard InChI is InChI=1S/C21H18FN3O4S/c1-30(27,28)24-17-9-3-2-8-16(17)18-13-19(20-10-5-11-29-20)25(23-18)21(26)14-6-4-7-15(22)12-14/h2-12,19,24H,13H2,1H3/t19-/m0/s1. The van der Waals surface area contributed by atoms with E-state index in [1.54, 1.807) is 36.4 Å². The van der Waals surface area contributed by atoms with Gasteiger partial charge in [0.2, 0.25) is 10.0 Å². The zero-order valence-electron chi connectivity index (χ0n) is 15.9. The predicted octanol–water partition coefficient (Wildman–Crippen LogP) is 3.78. The lowest BCUT2D eigenvalue weighted by atomic mass is 10.0. The van der Waals surface area contributed by atoms with E-state index in [0.717, 1.165) is 12.3 Å². The van der Waals surface area contributed by atoms with Gasteiger partial charge in [0.15, 0.2) is 0 Å². The predicted molar refractivity (Wildman–Crippen MR) is 110 cm³/mol. The number of nitrogens with zero attached hydrogens (tertiary/aromatic N) is 2. The molecule has 0 saturated heterocycles. The number of rotatable bonds is 5. The van der Waals surface area contributed by atoms with Gasteiger partial charge in [-0.3, -0.25) is 9.52 Å². The summed E-state index contributed by atoms with van der Waals surface area (Å²) in [5, 5.41) is 5.73. The van der Waals surface area contributed by atoms with Crippen molar-refractivity contribution in [2.45, 2.75) is 12.5 Å². The molecule has 4 rings (SSSR count). The number of amides is 1. The molecule has 30 heavy (non-hydrogen) atoms. The molecule has 1 aliphatic heterocycles. The summed E-state index contributed by atoms with van der Waals surface area (Å²) in [5.41, 5.74) is 1.57. The average Bonchev–Trinajstić information content (AvgIpc) is 3.36. The van der Waals surface area contributed by atoms with Gasteiger partial charge < -0.3 is 4.42 Å². The van der Waals surface area contributed by atoms with Crippen molar-refractivity contribution in [3.05, 3.63) is 89.6 Å². The minimum absolute atomic E-state index is 0.152. The summed E-state index contributed by atoms with van der Waals surface area (Å²) in [7, 11) is -3.51. The number of hydrogen-bond donors (Lipinski definition) is 1. The van der Waals surface area contributed by atoms with Crippen LogP contribution in [0.15, 0.2) is 76.4 Å². The molecule has 0 radical (unpaired) electrons. The van der Waals surface area contributed by atoms with E-state index >= 15 is 0 Å². The first kappa shape index (κ1) is 19.8. The van der Waals surface area contributed by atoms with Gasteiger partial charge >= 0.3 is 0 Å². The molecule has 1 amide bonds. The Bertz CT molecular complexity index is 1220. The number of furan rings is 1. The molecule has 1 aliphatic rings. The summed E-state index contributed by atoms with van der Waals surface area (Å²) in [6, 6.07) is 15.1. The van der Waals surface area contributed by atoms with Crippen LogP contribution in [-0.2, 0) is 10.0 Å². The molecule has 0 bridgehead atoms. The largest absolute Gasteiger partial charge is 0.467 e. The van der Waals surface area contributed by atoms with Crippen LogP contribution in [0.5, 0.6) is 0 Å². The summed E-state index contributed by atoms with van der Waals surface area (Å²) in [6.45, 7) is 0. The molecule has 3 aromatic rings. The molecular weight excluding hydrogens is 409 g/mol. The second-order valence-electron chi connectivity index (χ2n) is 6.86. The first-order valence-corrected chi connectivity index (χ1v) is 11.0. The van der Waals surface area contributed by atoms with Crippen LogP contribution in [0.4, 0.5) is 10.1 Å². The van der Waals surface area contributed by atoms with Gasteiger partial charge in [-0.2, -0.15) is 5.10 Å². The summed E-state index contributed by atoms with van der Waals surface area (Å²) >= 11 is 0. The van der Waals surface area contributed by atoms with Crippen LogP contribution in [0.1, 0.15) is 34.1 Å². The van der Waals surface area contributed by atoms with Crippen molar-refractivity contribution >= 4 is 27.3 Å². The van der Waals surface area contributed by atoms with Gasteiger partial charge in [0.05, 0.1) is 23.9 Å². The third kappa shape index (κ3) is 4.11. The Morgan fingerprint density at radius 2 is 1.97 bits per heavy atom. The molecule has 7 nitrogen and oxygen atoms in total. The number of hydrogen-bond acceptors (Lipinski definition) is 5. The van der Waals surface area contributed by atoms with Crippen LogP contribution in [0.3, 0.4) is 0 Å². The fourth-order valence-corrected chi connectivity index (χ4v) is 3.92. The van der Waals surface area contributed by atoms with Gasteiger partial charge in [-0.15, -0.1) is 0 Å². The molecular formula is C21H18FN3O4S. The molecule has 0 spiro atoms. The maximum Gasteiger partial charge on any atom is 0.274 e. The highest BCUT2D eigenvalue weighted by atomic mass is 32.2. The number of para-hydroxylation sites is 1. The maximum atomic E-state index is 13.6. The summed E-state index contributed by atoms with van der Waals surface area (Å²) in [4.78, 5) is 13.1. The van der Waals surface area contributed by atoms with E-state index in [9.17, 15) is 17.6 Å². The number of halogens is 1. The van der Waals surface area contributed by atoms with Gasteiger partial charge in [0.25, 0.3) is 5.91 Å². The highest BCUT2D eigenvalue weighted by molar-refractivity contribution is 7.92. The molecule has 1 N–H and O–H groups in total. The van der Waals surface area contributed by atoms with Crippen molar-refractivity contribution in [3.8, 4) is 0 Å². The van der Waals surface area contributed by atoms with Gasteiger partial charge in [-0.25, -0.2) is 17.8 Å². The Labute approximate surface area is 172 Å². The minimum atomic E-state index is -3.51. The molecule has 0 aliphatic carbocycles. The maximum absolute atomic E-state index is 13.6. The van der Waals surface area contributed by atoms with Crippen molar-refractivity contribution < 1.29 is 22.0 Å². The quantitative estimate of drug-likeness (QED) is 0.671. The molecule has 0 saturated carbocycles. The summed E-state index contributed by atoms with van der Waals surface area (Å²) < 4.78 is 45.1. The van der Waals surface area contributed by atoms with E-state index in [-0.39, 0.29) is 5.56 Å². The fourth-order valence-electron chi connectivity index (χ4n) is 3.34. The minimum Gasteiger partial charge on any atom is -0.467 e. The molecule has 0 fully saturated rings. The fraction of sp³-hybridized carbons (Fsp3) is 0.143. The van der Waals surface area contributed by atoms with Crippen molar-refractivity contribution in [3.63, 3.8) is 0 Å². The zero-order valence-corrected chi connectivity index (χ0v) is 16.8. The lowest BCUT2D eigenvalue weighted by Gasteiger charge is -2.19. The van der Waals surface area contributed by atoms with Gasteiger partial charge in [-0.05, 0) is 36.4 Å². The molecule has 1 atom stereocenters. The van der Waals surface area contributed by atoms with E-state index in [4.69, 9.17) is 4.42 Å². The Hall–Kier alpha value is -3.46. The first-order valence-electron chi connectivity index (χ1n) is 9.09. The topological polar surface area (TPSA) is 92.0 Å². The highest BCUT2D eigenvalue weighted by Gasteiger charge is 2.36. The van der Waals surface area contributed by atoms with Crippen molar-refractivity contribution in [2.75, 3.05) is 11.0 Å². The number of sulfonamides is 1. The second-order valence-corrected chi connectivity index (χ2v) is 8.61. The summed E-state index contributed by atoms with van der Waals surface area (Å²) in [6.07, 6.45) is 2.86. The monoisotopic (exact) mass is 427 g/mol. The molecule has 0 unspecified atom stereocenters. The van der Waals surface area contributed by atoms with Gasteiger partial charge in [0.1, 0.15) is 17.6 Å². The zero-order chi connectivity index (χ0) is 21.3. The Kier molecular flexibility index (Phi) is 5.13. The normalized spacial score (nSPS) is 16.4. The van der Waals surface area contributed by atoms with E-state index in [1.807, 2.05) is 0 Å². The third-order valence-electron chi connectivity index (χ3n) is 4.59. The molecule has 1 aromatic heterocycles. The second kappa shape index (κ2) is 7.75. The number of carbonyl (C=O) groups is 1. The number of hydrazone groups is 1. The van der Waals surface area contributed by atoms with E-state index < -0.39 is 27.8 Å². The third-order valence-corrected chi connectivity index (χ3v) is 5.19. The van der Waals surface area contributed by atoms with Crippen LogP contribution in [0.2, 0.25) is 0 Å². The lowest BCUT2D eigenvalue weighted by Crippen LogP contribution is -2.26. The first-order chi connectivity index (χ1) is 14.3.